The van der Waals surface area contributed by atoms with Crippen LogP contribution in [0, 0.1) is 0 Å². The fourth-order valence-corrected chi connectivity index (χ4v) is 1.79. The van der Waals surface area contributed by atoms with Crippen molar-refractivity contribution in [3.8, 4) is 11.5 Å². The van der Waals surface area contributed by atoms with Crippen LogP contribution in [0.4, 0.5) is 0 Å². The van der Waals surface area contributed by atoms with E-state index in [0.29, 0.717) is 17.9 Å². The van der Waals surface area contributed by atoms with Gasteiger partial charge in [0.15, 0.2) is 0 Å². The Morgan fingerprint density at radius 1 is 1.20 bits per heavy atom. The average Bonchev–Trinajstić information content (AvgIpc) is 2.52. The molecule has 20 heavy (non-hydrogen) atoms. The minimum Gasteiger partial charge on any atom is -0.496 e. The zero-order valence-corrected chi connectivity index (χ0v) is 11.1. The fourth-order valence-electron chi connectivity index (χ4n) is 1.79. The second kappa shape index (κ2) is 6.58. The molecule has 3 N–H and O–H groups in total. The first-order valence-corrected chi connectivity index (χ1v) is 6.10. The molecule has 0 saturated carbocycles. The van der Waals surface area contributed by atoms with Crippen molar-refractivity contribution in [2.24, 2.45) is 5.84 Å². The van der Waals surface area contributed by atoms with Crippen LogP contribution >= 0.6 is 0 Å². The number of hydrogen-bond acceptors (Lipinski definition) is 4. The molecule has 0 bridgehead atoms. The zero-order chi connectivity index (χ0) is 14.4. The Labute approximate surface area is 117 Å². The number of ether oxygens (including phenoxy) is 2. The van der Waals surface area contributed by atoms with Crippen molar-refractivity contribution in [2.75, 3.05) is 7.11 Å². The Morgan fingerprint density at radius 3 is 2.60 bits per heavy atom. The maximum atomic E-state index is 11.5. The predicted octanol–water partition coefficient (Wildman–Crippen LogP) is 1.88. The molecule has 2 aromatic rings. The van der Waals surface area contributed by atoms with Gasteiger partial charge >= 0.3 is 0 Å². The van der Waals surface area contributed by atoms with Crippen LogP contribution in [0.15, 0.2) is 48.5 Å². The van der Waals surface area contributed by atoms with Gasteiger partial charge in [-0.1, -0.05) is 18.2 Å². The number of nitrogens with one attached hydrogen (secondary N) is 1. The predicted molar refractivity (Wildman–Crippen MR) is 75.4 cm³/mol. The summed E-state index contributed by atoms with van der Waals surface area (Å²) >= 11 is 0. The van der Waals surface area contributed by atoms with Crippen LogP contribution in [-0.4, -0.2) is 13.0 Å². The van der Waals surface area contributed by atoms with E-state index in [0.717, 1.165) is 11.3 Å². The van der Waals surface area contributed by atoms with Crippen LogP contribution in [0.2, 0.25) is 0 Å². The number of para-hydroxylation sites is 1. The van der Waals surface area contributed by atoms with E-state index in [9.17, 15) is 4.79 Å². The van der Waals surface area contributed by atoms with E-state index < -0.39 is 0 Å². The molecule has 0 spiro atoms. The maximum Gasteiger partial charge on any atom is 0.265 e. The van der Waals surface area contributed by atoms with E-state index >= 15 is 0 Å². The van der Waals surface area contributed by atoms with Crippen molar-refractivity contribution in [2.45, 2.75) is 6.61 Å². The van der Waals surface area contributed by atoms with Gasteiger partial charge in [0.1, 0.15) is 18.1 Å². The van der Waals surface area contributed by atoms with Gasteiger partial charge in [0, 0.05) is 11.1 Å². The van der Waals surface area contributed by atoms with Crippen LogP contribution in [0.1, 0.15) is 15.9 Å². The molecule has 5 heteroatoms. The Hall–Kier alpha value is -2.53. The Bertz CT molecular complexity index is 585. The molecule has 104 valence electrons. The topological polar surface area (TPSA) is 73.6 Å². The van der Waals surface area contributed by atoms with Crippen molar-refractivity contribution >= 4 is 5.91 Å². The molecule has 2 aromatic carbocycles. The number of rotatable bonds is 5. The molecule has 0 unspecified atom stereocenters. The standard InChI is InChI=1S/C15H16N2O3/c1-19-14-8-7-11(15(18)17-16)9-12(14)10-20-13-5-3-2-4-6-13/h2-9H,10,16H2,1H3,(H,17,18). The van der Waals surface area contributed by atoms with Crippen LogP contribution in [0.5, 0.6) is 11.5 Å². The highest BCUT2D eigenvalue weighted by molar-refractivity contribution is 5.94. The van der Waals surface area contributed by atoms with Crippen molar-refractivity contribution in [1.82, 2.24) is 5.43 Å². The van der Waals surface area contributed by atoms with Gasteiger partial charge in [0.05, 0.1) is 7.11 Å². The van der Waals surface area contributed by atoms with Gasteiger partial charge in [0.25, 0.3) is 5.91 Å². The lowest BCUT2D eigenvalue weighted by Crippen LogP contribution is -2.30. The number of nitrogen functional groups attached to an aromatic ring is 1. The number of methoxy groups -OCH3 is 1. The van der Waals surface area contributed by atoms with Crippen LogP contribution in [0.3, 0.4) is 0 Å². The lowest BCUT2D eigenvalue weighted by molar-refractivity contribution is 0.0953. The Morgan fingerprint density at radius 2 is 1.95 bits per heavy atom. The lowest BCUT2D eigenvalue weighted by atomic mass is 10.1. The van der Waals surface area contributed by atoms with Gasteiger partial charge in [-0.3, -0.25) is 10.2 Å². The number of nitrogens with two attached hydrogens (primary N) is 1. The monoisotopic (exact) mass is 272 g/mol. The molecule has 0 aliphatic heterocycles. The molecule has 0 radical (unpaired) electrons. The molecular formula is C15H16N2O3. The molecule has 5 nitrogen and oxygen atoms in total. The molecular weight excluding hydrogens is 256 g/mol. The van der Waals surface area contributed by atoms with E-state index in [1.807, 2.05) is 30.3 Å². The van der Waals surface area contributed by atoms with Gasteiger partial charge in [-0.05, 0) is 30.3 Å². The second-order valence-corrected chi connectivity index (χ2v) is 4.10. The molecule has 0 heterocycles. The van der Waals surface area contributed by atoms with Crippen molar-refractivity contribution in [3.63, 3.8) is 0 Å². The summed E-state index contributed by atoms with van der Waals surface area (Å²) in [6.45, 7) is 0.304. The van der Waals surface area contributed by atoms with Crippen molar-refractivity contribution < 1.29 is 14.3 Å². The highest BCUT2D eigenvalue weighted by Gasteiger charge is 2.09. The normalized spacial score (nSPS) is 9.90. The zero-order valence-electron chi connectivity index (χ0n) is 11.1. The third-order valence-corrected chi connectivity index (χ3v) is 2.81. The average molecular weight is 272 g/mol. The van der Waals surface area contributed by atoms with Crippen LogP contribution in [0.25, 0.3) is 0 Å². The number of carbonyl (C=O) groups is 1. The number of hydrazine groups is 1. The third kappa shape index (κ3) is 3.27. The molecule has 2 rings (SSSR count). The van der Waals surface area contributed by atoms with Gasteiger partial charge in [0.2, 0.25) is 0 Å². The number of amides is 1. The summed E-state index contributed by atoms with van der Waals surface area (Å²) in [6.07, 6.45) is 0. The summed E-state index contributed by atoms with van der Waals surface area (Å²) in [7, 11) is 1.57. The Kier molecular flexibility index (Phi) is 4.57. The first kappa shape index (κ1) is 13.9. The second-order valence-electron chi connectivity index (χ2n) is 4.10. The maximum absolute atomic E-state index is 11.5. The fraction of sp³-hybridized carbons (Fsp3) is 0.133. The SMILES string of the molecule is COc1ccc(C(=O)NN)cc1COc1ccccc1. The highest BCUT2D eigenvalue weighted by atomic mass is 16.5. The third-order valence-electron chi connectivity index (χ3n) is 2.81. The molecule has 0 aromatic heterocycles. The van der Waals surface area contributed by atoms with E-state index in [1.165, 1.54) is 0 Å². The smallest absolute Gasteiger partial charge is 0.265 e. The highest BCUT2D eigenvalue weighted by Crippen LogP contribution is 2.22. The van der Waals surface area contributed by atoms with E-state index in [1.54, 1.807) is 25.3 Å². The van der Waals surface area contributed by atoms with Gasteiger partial charge < -0.3 is 9.47 Å². The number of benzene rings is 2. The molecule has 0 atom stereocenters. The lowest BCUT2D eigenvalue weighted by Gasteiger charge is -2.11. The molecule has 0 aliphatic carbocycles. The molecule has 0 fully saturated rings. The summed E-state index contributed by atoms with van der Waals surface area (Å²) in [4.78, 5) is 11.5. The first-order chi connectivity index (χ1) is 9.74. The van der Waals surface area contributed by atoms with Crippen LogP contribution in [-0.2, 0) is 6.61 Å². The van der Waals surface area contributed by atoms with Crippen molar-refractivity contribution in [1.29, 1.82) is 0 Å². The summed E-state index contributed by atoms with van der Waals surface area (Å²) in [5.41, 5.74) is 3.33. The minimum absolute atomic E-state index is 0.304. The number of carbonyl (C=O) groups excluding carboxylic acids is 1. The van der Waals surface area contributed by atoms with Gasteiger partial charge in [-0.15, -0.1) is 0 Å². The quantitative estimate of drug-likeness (QED) is 0.495. The Balaban J connectivity index is 2.18. The summed E-state index contributed by atoms with van der Waals surface area (Å²) in [5, 5.41) is 0. The van der Waals surface area contributed by atoms with Crippen molar-refractivity contribution in [3.05, 3.63) is 59.7 Å². The van der Waals surface area contributed by atoms with E-state index in [-0.39, 0.29) is 5.91 Å². The number of hydrogen-bond donors (Lipinski definition) is 2. The summed E-state index contributed by atoms with van der Waals surface area (Å²) in [5.74, 6) is 6.19. The van der Waals surface area contributed by atoms with E-state index in [2.05, 4.69) is 5.43 Å². The molecule has 1 amide bonds. The summed E-state index contributed by atoms with van der Waals surface area (Å²) in [6, 6.07) is 14.5. The first-order valence-electron chi connectivity index (χ1n) is 6.10. The minimum atomic E-state index is -0.353. The largest absolute Gasteiger partial charge is 0.496 e. The van der Waals surface area contributed by atoms with Gasteiger partial charge in [-0.2, -0.15) is 0 Å². The van der Waals surface area contributed by atoms with E-state index in [4.69, 9.17) is 15.3 Å². The molecule has 0 saturated heterocycles. The summed E-state index contributed by atoms with van der Waals surface area (Å²) < 4.78 is 10.9. The van der Waals surface area contributed by atoms with Crippen LogP contribution < -0.4 is 20.7 Å². The van der Waals surface area contributed by atoms with Gasteiger partial charge in [-0.25, -0.2) is 5.84 Å². The molecule has 0 aliphatic rings.